The summed E-state index contributed by atoms with van der Waals surface area (Å²) in [5, 5.41) is 0. The Balaban J connectivity index is 2.26. The van der Waals surface area contributed by atoms with Crippen molar-refractivity contribution < 1.29 is 0 Å². The van der Waals surface area contributed by atoms with Crippen LogP contribution in [0.1, 0.15) is 26.7 Å². The lowest BCUT2D eigenvalue weighted by Crippen LogP contribution is -2.28. The number of halogens is 1. The van der Waals surface area contributed by atoms with Crippen LogP contribution in [0.25, 0.3) is 0 Å². The Labute approximate surface area is 59.8 Å². The summed E-state index contributed by atoms with van der Waals surface area (Å²) in [6.45, 7) is 4.59. The molecule has 0 N–H and O–H groups in total. The van der Waals surface area contributed by atoms with Gasteiger partial charge >= 0.3 is 0 Å². The zero-order chi connectivity index (χ0) is 6.15. The van der Waals surface area contributed by atoms with Gasteiger partial charge in [-0.1, -0.05) is 36.2 Å². The van der Waals surface area contributed by atoms with Crippen molar-refractivity contribution in [2.24, 2.45) is 11.8 Å². The molecule has 1 aliphatic carbocycles. The van der Waals surface area contributed by atoms with Crippen LogP contribution in [0.3, 0.4) is 0 Å². The smallest absolute Gasteiger partial charge is 0.0148 e. The van der Waals surface area contributed by atoms with Crippen LogP contribution in [0.5, 0.6) is 0 Å². The predicted octanol–water partition coefficient (Wildman–Crippen LogP) is 2.82. The van der Waals surface area contributed by atoms with E-state index in [4.69, 9.17) is 0 Å². The number of hydrogen-bond acceptors (Lipinski definition) is 0. The fourth-order valence-corrected chi connectivity index (χ4v) is 2.16. The molecule has 1 saturated carbocycles. The van der Waals surface area contributed by atoms with Crippen molar-refractivity contribution in [2.45, 2.75) is 31.5 Å². The first-order valence-electron chi connectivity index (χ1n) is 3.36. The average Bonchev–Trinajstić information content (AvgIpc) is 1.61. The Hall–Kier alpha value is 0.480. The molecular formula is C7H13Br. The van der Waals surface area contributed by atoms with E-state index in [2.05, 4.69) is 29.8 Å². The lowest BCUT2D eigenvalue weighted by Gasteiger charge is -2.35. The topological polar surface area (TPSA) is 0 Å². The number of hydrogen-bond donors (Lipinski definition) is 0. The molecule has 0 heterocycles. The Kier molecular flexibility index (Phi) is 1.97. The highest BCUT2D eigenvalue weighted by Crippen LogP contribution is 2.38. The summed E-state index contributed by atoms with van der Waals surface area (Å²) >= 11 is 3.59. The minimum atomic E-state index is 0.742. The van der Waals surface area contributed by atoms with Crippen molar-refractivity contribution in [1.29, 1.82) is 0 Å². The van der Waals surface area contributed by atoms with Gasteiger partial charge in [-0.3, -0.25) is 0 Å². The van der Waals surface area contributed by atoms with Crippen molar-refractivity contribution in [3.05, 3.63) is 0 Å². The van der Waals surface area contributed by atoms with Crippen molar-refractivity contribution in [3.8, 4) is 0 Å². The highest BCUT2D eigenvalue weighted by Gasteiger charge is 2.29. The van der Waals surface area contributed by atoms with E-state index in [0.717, 1.165) is 16.7 Å². The van der Waals surface area contributed by atoms with Crippen LogP contribution in [0, 0.1) is 11.8 Å². The molecule has 0 radical (unpaired) electrons. The Morgan fingerprint density at radius 3 is 2.12 bits per heavy atom. The molecule has 3 unspecified atom stereocenters. The van der Waals surface area contributed by atoms with Gasteiger partial charge in [-0.05, 0) is 18.3 Å². The van der Waals surface area contributed by atoms with Gasteiger partial charge in [0.25, 0.3) is 0 Å². The Bertz CT molecular complexity index is 73.7. The van der Waals surface area contributed by atoms with Gasteiger partial charge in [-0.15, -0.1) is 0 Å². The fourth-order valence-electron chi connectivity index (χ4n) is 1.37. The fraction of sp³-hybridized carbons (Fsp3) is 1.00. The third-order valence-electron chi connectivity index (χ3n) is 2.28. The van der Waals surface area contributed by atoms with E-state index in [1.165, 1.54) is 12.8 Å². The van der Waals surface area contributed by atoms with E-state index in [1.807, 2.05) is 0 Å². The SMILES string of the molecule is CC(Br)C1CCC1C. The molecule has 3 atom stereocenters. The molecule has 0 amide bonds. The summed E-state index contributed by atoms with van der Waals surface area (Å²) in [6, 6.07) is 0. The predicted molar refractivity (Wildman–Crippen MR) is 40.3 cm³/mol. The van der Waals surface area contributed by atoms with Crippen LogP contribution in [0.4, 0.5) is 0 Å². The first kappa shape index (κ1) is 6.60. The maximum atomic E-state index is 3.59. The Morgan fingerprint density at radius 1 is 1.50 bits per heavy atom. The van der Waals surface area contributed by atoms with Crippen LogP contribution >= 0.6 is 15.9 Å². The molecule has 0 aromatic rings. The van der Waals surface area contributed by atoms with Crippen LogP contribution in [-0.2, 0) is 0 Å². The first-order valence-corrected chi connectivity index (χ1v) is 4.27. The van der Waals surface area contributed by atoms with Gasteiger partial charge in [-0.25, -0.2) is 0 Å². The van der Waals surface area contributed by atoms with Gasteiger partial charge in [0.15, 0.2) is 0 Å². The van der Waals surface area contributed by atoms with Gasteiger partial charge in [0.05, 0.1) is 0 Å². The third kappa shape index (κ3) is 1.07. The zero-order valence-corrected chi connectivity index (χ0v) is 7.11. The maximum absolute atomic E-state index is 3.59. The average molecular weight is 177 g/mol. The van der Waals surface area contributed by atoms with Gasteiger partial charge in [0.2, 0.25) is 0 Å². The summed E-state index contributed by atoms with van der Waals surface area (Å²) in [7, 11) is 0. The van der Waals surface area contributed by atoms with Gasteiger partial charge < -0.3 is 0 Å². The second-order valence-electron chi connectivity index (χ2n) is 2.90. The standard InChI is InChI=1S/C7H13Br/c1-5-3-4-7(5)6(2)8/h5-7H,3-4H2,1-2H3. The van der Waals surface area contributed by atoms with E-state index in [9.17, 15) is 0 Å². The summed E-state index contributed by atoms with van der Waals surface area (Å²) in [5.41, 5.74) is 0. The minimum absolute atomic E-state index is 0.742. The van der Waals surface area contributed by atoms with E-state index >= 15 is 0 Å². The molecule has 0 aromatic carbocycles. The molecule has 1 rings (SSSR count). The molecule has 1 heteroatoms. The van der Waals surface area contributed by atoms with Crippen LogP contribution < -0.4 is 0 Å². The first-order chi connectivity index (χ1) is 3.72. The minimum Gasteiger partial charge on any atom is -0.0891 e. The zero-order valence-electron chi connectivity index (χ0n) is 5.52. The normalized spacial score (nSPS) is 40.9. The maximum Gasteiger partial charge on any atom is 0.0148 e. The van der Waals surface area contributed by atoms with Gasteiger partial charge in [0, 0.05) is 4.83 Å². The molecule has 0 nitrogen and oxygen atoms in total. The molecule has 0 spiro atoms. The van der Waals surface area contributed by atoms with Crippen molar-refractivity contribution in [2.75, 3.05) is 0 Å². The highest BCUT2D eigenvalue weighted by molar-refractivity contribution is 9.09. The summed E-state index contributed by atoms with van der Waals surface area (Å²) in [6.07, 6.45) is 2.88. The van der Waals surface area contributed by atoms with Crippen molar-refractivity contribution >= 4 is 15.9 Å². The van der Waals surface area contributed by atoms with Gasteiger partial charge in [0.1, 0.15) is 0 Å². The van der Waals surface area contributed by atoms with E-state index in [-0.39, 0.29) is 0 Å². The Morgan fingerprint density at radius 2 is 2.12 bits per heavy atom. The van der Waals surface area contributed by atoms with Crippen molar-refractivity contribution in [1.82, 2.24) is 0 Å². The monoisotopic (exact) mass is 176 g/mol. The molecule has 48 valence electrons. The molecule has 8 heavy (non-hydrogen) atoms. The lowest BCUT2D eigenvalue weighted by atomic mass is 9.73. The van der Waals surface area contributed by atoms with E-state index < -0.39 is 0 Å². The van der Waals surface area contributed by atoms with E-state index in [0.29, 0.717) is 0 Å². The number of alkyl halides is 1. The summed E-state index contributed by atoms with van der Waals surface area (Å²) < 4.78 is 0. The van der Waals surface area contributed by atoms with Gasteiger partial charge in [-0.2, -0.15) is 0 Å². The lowest BCUT2D eigenvalue weighted by molar-refractivity contribution is 0.199. The molecule has 0 saturated heterocycles. The van der Waals surface area contributed by atoms with Crippen molar-refractivity contribution in [3.63, 3.8) is 0 Å². The molecule has 0 bridgehead atoms. The summed E-state index contributed by atoms with van der Waals surface area (Å²) in [5.74, 6) is 1.94. The molecule has 0 aromatic heterocycles. The largest absolute Gasteiger partial charge is 0.0891 e. The van der Waals surface area contributed by atoms with E-state index in [1.54, 1.807) is 0 Å². The number of rotatable bonds is 1. The molecule has 1 fully saturated rings. The third-order valence-corrected chi connectivity index (χ3v) is 2.96. The molecule has 0 aliphatic heterocycles. The summed E-state index contributed by atoms with van der Waals surface area (Å²) in [4.78, 5) is 0.742. The quantitative estimate of drug-likeness (QED) is 0.540. The second-order valence-corrected chi connectivity index (χ2v) is 4.34. The van der Waals surface area contributed by atoms with Crippen LogP contribution in [0.15, 0.2) is 0 Å². The van der Waals surface area contributed by atoms with Crippen LogP contribution in [-0.4, -0.2) is 4.83 Å². The highest BCUT2D eigenvalue weighted by atomic mass is 79.9. The molecular weight excluding hydrogens is 164 g/mol. The second kappa shape index (κ2) is 2.38. The molecule has 1 aliphatic rings. The van der Waals surface area contributed by atoms with Crippen LogP contribution in [0.2, 0.25) is 0 Å².